The maximum absolute atomic E-state index is 11.6. The molecule has 2 N–H and O–H groups in total. The van der Waals surface area contributed by atoms with Gasteiger partial charge in [-0.15, -0.1) is 0 Å². The maximum atomic E-state index is 11.6. The van der Waals surface area contributed by atoms with Gasteiger partial charge in [-0.1, -0.05) is 31.9 Å². The van der Waals surface area contributed by atoms with Crippen molar-refractivity contribution in [3.05, 3.63) is 12.7 Å². The molecule has 2 aromatic rings. The van der Waals surface area contributed by atoms with E-state index in [0.29, 0.717) is 22.9 Å². The number of nitrogens with zero attached hydrogens (tertiary/aromatic N) is 4. The molecule has 2 heterocycles. The van der Waals surface area contributed by atoms with Crippen molar-refractivity contribution in [2.45, 2.75) is 30.3 Å². The molecular weight excluding hydrogens is 430 g/mol. The first-order valence-corrected chi connectivity index (χ1v) is 9.33. The molecule has 0 bridgehead atoms. The van der Waals surface area contributed by atoms with Gasteiger partial charge in [0.1, 0.15) is 17.9 Å². The number of nitrogens with two attached hydrogens (primary N) is 1. The Balaban J connectivity index is 1.82. The van der Waals surface area contributed by atoms with Crippen LogP contribution in [0.3, 0.4) is 0 Å². The van der Waals surface area contributed by atoms with Crippen molar-refractivity contribution in [3.8, 4) is 0 Å². The largest absolute Gasteiger partial charge is 0.459 e. The lowest BCUT2D eigenvalue weighted by Crippen LogP contribution is -2.34. The number of rotatable bonds is 3. The number of hydrogen-bond donors (Lipinski definition) is 1. The van der Waals surface area contributed by atoms with E-state index in [2.05, 4.69) is 46.8 Å². The Morgan fingerprint density at radius 3 is 3.00 bits per heavy atom. The fourth-order valence-electron chi connectivity index (χ4n) is 3.85. The summed E-state index contributed by atoms with van der Waals surface area (Å²) in [4.78, 5) is 24.3. The number of aromatic nitrogens is 4. The summed E-state index contributed by atoms with van der Waals surface area (Å²) in [6.45, 7) is 1.44. The van der Waals surface area contributed by atoms with Crippen molar-refractivity contribution in [2.24, 2.45) is 11.3 Å². The van der Waals surface area contributed by atoms with Gasteiger partial charge in [-0.25, -0.2) is 15.0 Å². The van der Waals surface area contributed by atoms with Crippen LogP contribution in [0.15, 0.2) is 12.7 Å². The van der Waals surface area contributed by atoms with Crippen LogP contribution in [0.25, 0.3) is 11.2 Å². The van der Waals surface area contributed by atoms with E-state index in [4.69, 9.17) is 10.5 Å². The Morgan fingerprint density at radius 2 is 2.30 bits per heavy atom. The average molecular weight is 445 g/mol. The van der Waals surface area contributed by atoms with Gasteiger partial charge in [0, 0.05) is 17.7 Å². The van der Waals surface area contributed by atoms with E-state index in [1.165, 1.54) is 13.3 Å². The third-order valence-corrected chi connectivity index (χ3v) is 7.50. The molecule has 122 valence electrons. The van der Waals surface area contributed by atoms with Gasteiger partial charge in [0.25, 0.3) is 0 Å². The van der Waals surface area contributed by atoms with Crippen molar-refractivity contribution in [3.63, 3.8) is 0 Å². The molecule has 2 aliphatic carbocycles. The molecule has 4 rings (SSSR count). The summed E-state index contributed by atoms with van der Waals surface area (Å²) in [6.07, 6.45) is 3.95. The number of carbonyl (C=O) groups is 1. The molecule has 23 heavy (non-hydrogen) atoms. The van der Waals surface area contributed by atoms with E-state index < -0.39 is 0 Å². The molecule has 2 fully saturated rings. The Morgan fingerprint density at radius 1 is 1.52 bits per heavy atom. The zero-order valence-electron chi connectivity index (χ0n) is 12.3. The Labute approximate surface area is 149 Å². The number of halogens is 2. The molecule has 0 radical (unpaired) electrons. The number of alkyl halides is 2. The molecule has 0 aromatic carbocycles. The minimum absolute atomic E-state index is 0.0138. The van der Waals surface area contributed by atoms with Gasteiger partial charge in [-0.05, 0) is 12.3 Å². The number of imidazole rings is 1. The lowest BCUT2D eigenvalue weighted by Gasteiger charge is -2.27. The molecule has 2 aliphatic rings. The van der Waals surface area contributed by atoms with E-state index in [0.717, 1.165) is 11.8 Å². The molecule has 0 spiro atoms. The first-order chi connectivity index (χ1) is 11.0. The second kappa shape index (κ2) is 5.14. The van der Waals surface area contributed by atoms with E-state index in [1.807, 2.05) is 4.57 Å². The van der Waals surface area contributed by atoms with Crippen LogP contribution in [0, 0.1) is 11.3 Å². The lowest BCUT2D eigenvalue weighted by atomic mass is 10.1. The predicted molar refractivity (Wildman–Crippen MR) is 91.4 cm³/mol. The number of hydrogen-bond acceptors (Lipinski definition) is 6. The highest BCUT2D eigenvalue weighted by Gasteiger charge is 2.71. The molecular formula is C14H15Br2N5O2. The third kappa shape index (κ3) is 2.05. The first kappa shape index (κ1) is 15.3. The second-order valence-electron chi connectivity index (χ2n) is 6.23. The van der Waals surface area contributed by atoms with Gasteiger partial charge >= 0.3 is 5.97 Å². The molecule has 0 amide bonds. The number of fused-ring (bicyclic) bond motifs is 2. The zero-order valence-corrected chi connectivity index (χ0v) is 15.5. The molecule has 0 aliphatic heterocycles. The zero-order chi connectivity index (χ0) is 16.4. The summed E-state index contributed by atoms with van der Waals surface area (Å²) in [6, 6.07) is -0.0138. The average Bonchev–Trinajstić information content (AvgIpc) is 3.02. The number of nitrogen functional groups attached to an aromatic ring is 1. The lowest BCUT2D eigenvalue weighted by molar-refractivity contribution is -0.148. The summed E-state index contributed by atoms with van der Waals surface area (Å²) in [5.74, 6) is 0.465. The molecule has 2 aromatic heterocycles. The van der Waals surface area contributed by atoms with Crippen molar-refractivity contribution in [1.82, 2.24) is 19.5 Å². The van der Waals surface area contributed by atoms with Crippen LogP contribution in [-0.4, -0.2) is 41.7 Å². The Kier molecular flexibility index (Phi) is 3.42. The molecule has 7 nitrogen and oxygen atoms in total. The van der Waals surface area contributed by atoms with Crippen molar-refractivity contribution < 1.29 is 9.53 Å². The van der Waals surface area contributed by atoms with Gasteiger partial charge in [-0.2, -0.15) is 0 Å². The maximum Gasteiger partial charge on any atom is 0.303 e. The minimum Gasteiger partial charge on any atom is -0.459 e. The van der Waals surface area contributed by atoms with Crippen LogP contribution in [0.1, 0.15) is 19.4 Å². The normalized spacial score (nSPS) is 35.3. The fourth-order valence-corrected chi connectivity index (χ4v) is 6.38. The molecule has 5 atom stereocenters. The Bertz CT molecular complexity index is 797. The standard InChI is InChI=1S/C14H15Br2N5O2/c1-6(22)23-10-9(7-2-14(7,3-15)11(10)16)21-5-20-8-12(17)18-4-19-13(8)21/h4-5,7,9-11H,2-3H2,1H3,(H2,17,18,19)/t7-,9-,10+,11-,14+/m1/s1. The summed E-state index contributed by atoms with van der Waals surface area (Å²) in [5, 5.41) is 0.860. The number of anilines is 1. The quantitative estimate of drug-likeness (QED) is 0.574. The van der Waals surface area contributed by atoms with E-state index >= 15 is 0 Å². The topological polar surface area (TPSA) is 95.9 Å². The minimum atomic E-state index is -0.283. The van der Waals surface area contributed by atoms with Gasteiger partial charge in [0.05, 0.1) is 17.2 Å². The van der Waals surface area contributed by atoms with Crippen LogP contribution in [-0.2, 0) is 9.53 Å². The fraction of sp³-hybridized carbons (Fsp3) is 0.571. The highest BCUT2D eigenvalue weighted by atomic mass is 79.9. The molecule has 0 unspecified atom stereocenters. The van der Waals surface area contributed by atoms with Crippen LogP contribution >= 0.6 is 31.9 Å². The van der Waals surface area contributed by atoms with E-state index in [1.54, 1.807) is 6.33 Å². The third-order valence-electron chi connectivity index (χ3n) is 5.02. The molecule has 0 saturated heterocycles. The number of esters is 1. The van der Waals surface area contributed by atoms with E-state index in [9.17, 15) is 4.79 Å². The van der Waals surface area contributed by atoms with Crippen LogP contribution in [0.5, 0.6) is 0 Å². The molecule has 2 saturated carbocycles. The van der Waals surface area contributed by atoms with Crippen LogP contribution < -0.4 is 5.73 Å². The number of carbonyl (C=O) groups excluding carboxylic acids is 1. The number of ether oxygens (including phenoxy) is 1. The molecule has 9 heteroatoms. The summed E-state index contributed by atoms with van der Waals surface area (Å²) < 4.78 is 7.62. The summed E-state index contributed by atoms with van der Waals surface area (Å²) in [7, 11) is 0. The smallest absolute Gasteiger partial charge is 0.303 e. The van der Waals surface area contributed by atoms with Crippen molar-refractivity contribution >= 4 is 54.8 Å². The first-order valence-electron chi connectivity index (χ1n) is 7.30. The highest BCUT2D eigenvalue weighted by Crippen LogP contribution is 2.71. The SMILES string of the molecule is CC(=O)O[C@H]1[C@H](n2cnc3c(N)ncnc32)[C@H]2C[C@@]2(CBr)[C@@H]1Br. The Hall–Kier alpha value is -1.22. The van der Waals surface area contributed by atoms with Crippen molar-refractivity contribution in [1.29, 1.82) is 0 Å². The second-order valence-corrected chi connectivity index (χ2v) is 7.77. The van der Waals surface area contributed by atoms with Gasteiger partial charge in [-0.3, -0.25) is 4.79 Å². The predicted octanol–water partition coefficient (Wildman–Crippen LogP) is 2.06. The highest BCUT2D eigenvalue weighted by molar-refractivity contribution is 9.10. The van der Waals surface area contributed by atoms with Gasteiger partial charge in [0.2, 0.25) is 0 Å². The summed E-state index contributed by atoms with van der Waals surface area (Å²) >= 11 is 7.38. The van der Waals surface area contributed by atoms with Gasteiger partial charge < -0.3 is 15.0 Å². The van der Waals surface area contributed by atoms with Crippen LogP contribution in [0.4, 0.5) is 5.82 Å². The van der Waals surface area contributed by atoms with Gasteiger partial charge in [0.15, 0.2) is 11.5 Å². The monoisotopic (exact) mass is 443 g/mol. The van der Waals surface area contributed by atoms with E-state index in [-0.39, 0.29) is 28.4 Å². The van der Waals surface area contributed by atoms with Crippen molar-refractivity contribution in [2.75, 3.05) is 11.1 Å². The van der Waals surface area contributed by atoms with Crippen LogP contribution in [0.2, 0.25) is 0 Å². The summed E-state index contributed by atoms with van der Waals surface area (Å²) in [5.41, 5.74) is 7.23.